The van der Waals surface area contributed by atoms with Gasteiger partial charge in [-0.2, -0.15) is 0 Å². The predicted molar refractivity (Wildman–Crippen MR) is 83.2 cm³/mol. The number of fused-ring (bicyclic) bond motifs is 3. The van der Waals surface area contributed by atoms with Crippen LogP contribution in [-0.4, -0.2) is 0 Å². The van der Waals surface area contributed by atoms with Crippen LogP contribution in [0.5, 0.6) is 0 Å². The van der Waals surface area contributed by atoms with Crippen LogP contribution in [0.2, 0.25) is 0 Å². The van der Waals surface area contributed by atoms with Gasteiger partial charge in [0.25, 0.3) is 0 Å². The van der Waals surface area contributed by atoms with Gasteiger partial charge in [0.05, 0.1) is 0 Å². The summed E-state index contributed by atoms with van der Waals surface area (Å²) in [6, 6.07) is 21.4. The molecule has 0 radical (unpaired) electrons. The second kappa shape index (κ2) is 4.22. The summed E-state index contributed by atoms with van der Waals surface area (Å²) in [5, 5.41) is 2.18. The SMILES string of the molecule is C(=C1/c2ccccc2-c2ccsc21)/c1ccccc1. The second-order valence-corrected chi connectivity index (χ2v) is 5.59. The highest BCUT2D eigenvalue weighted by atomic mass is 32.1. The van der Waals surface area contributed by atoms with E-state index in [2.05, 4.69) is 72.1 Å². The van der Waals surface area contributed by atoms with Gasteiger partial charge in [-0.3, -0.25) is 0 Å². The zero-order valence-corrected chi connectivity index (χ0v) is 11.2. The van der Waals surface area contributed by atoms with Crippen LogP contribution < -0.4 is 0 Å². The molecule has 0 atom stereocenters. The standard InChI is InChI=1S/C18H12S/c1-2-6-13(7-3-1)12-17-15-9-5-4-8-14(15)16-10-11-19-18(16)17/h1-12H/b17-12+. The maximum Gasteiger partial charge on any atom is 0.0427 e. The molecule has 1 aromatic heterocycles. The predicted octanol–water partition coefficient (Wildman–Crippen LogP) is 5.32. The Morgan fingerprint density at radius 3 is 2.26 bits per heavy atom. The third-order valence-electron chi connectivity index (χ3n) is 3.53. The van der Waals surface area contributed by atoms with Gasteiger partial charge in [-0.05, 0) is 34.2 Å². The monoisotopic (exact) mass is 260 g/mol. The summed E-state index contributed by atoms with van der Waals surface area (Å²) >= 11 is 1.83. The molecule has 0 nitrogen and oxygen atoms in total. The first-order chi connectivity index (χ1) is 9.43. The van der Waals surface area contributed by atoms with Crippen LogP contribution in [0.15, 0.2) is 66.0 Å². The van der Waals surface area contributed by atoms with Gasteiger partial charge in [-0.1, -0.05) is 54.6 Å². The molecule has 0 spiro atoms. The third-order valence-corrected chi connectivity index (χ3v) is 4.48. The molecule has 1 aliphatic carbocycles. The van der Waals surface area contributed by atoms with Gasteiger partial charge < -0.3 is 0 Å². The zero-order chi connectivity index (χ0) is 12.7. The minimum atomic E-state index is 1.26. The normalized spacial score (nSPS) is 14.4. The third kappa shape index (κ3) is 1.66. The van der Waals surface area contributed by atoms with Gasteiger partial charge in [0.2, 0.25) is 0 Å². The van der Waals surface area contributed by atoms with Gasteiger partial charge in [-0.15, -0.1) is 11.3 Å². The molecule has 4 rings (SSSR count). The topological polar surface area (TPSA) is 0 Å². The maximum atomic E-state index is 2.29. The molecule has 0 amide bonds. The number of benzene rings is 2. The van der Waals surface area contributed by atoms with E-state index in [0.29, 0.717) is 0 Å². The van der Waals surface area contributed by atoms with Crippen LogP contribution in [0, 0.1) is 0 Å². The lowest BCUT2D eigenvalue weighted by atomic mass is 10.0. The van der Waals surface area contributed by atoms with E-state index in [1.54, 1.807) is 0 Å². The first kappa shape index (κ1) is 10.8. The minimum Gasteiger partial charge on any atom is -0.143 e. The van der Waals surface area contributed by atoms with Gasteiger partial charge in [0, 0.05) is 16.0 Å². The van der Waals surface area contributed by atoms with E-state index in [9.17, 15) is 0 Å². The Morgan fingerprint density at radius 1 is 0.684 bits per heavy atom. The van der Waals surface area contributed by atoms with Crippen LogP contribution in [0.4, 0.5) is 0 Å². The van der Waals surface area contributed by atoms with E-state index in [1.807, 2.05) is 11.3 Å². The molecule has 90 valence electrons. The molecule has 1 heteroatoms. The van der Waals surface area contributed by atoms with E-state index in [0.717, 1.165) is 0 Å². The minimum absolute atomic E-state index is 1.26. The molecule has 0 fully saturated rings. The molecule has 3 aromatic rings. The second-order valence-electron chi connectivity index (χ2n) is 4.68. The fourth-order valence-electron chi connectivity index (χ4n) is 2.66. The van der Waals surface area contributed by atoms with Crippen molar-refractivity contribution in [3.63, 3.8) is 0 Å². The number of rotatable bonds is 1. The van der Waals surface area contributed by atoms with Crippen molar-refractivity contribution in [3.8, 4) is 11.1 Å². The maximum absolute atomic E-state index is 2.29. The molecule has 0 saturated carbocycles. The first-order valence-corrected chi connectivity index (χ1v) is 7.26. The van der Waals surface area contributed by atoms with Crippen LogP contribution in [-0.2, 0) is 0 Å². The summed E-state index contributed by atoms with van der Waals surface area (Å²) in [7, 11) is 0. The summed E-state index contributed by atoms with van der Waals surface area (Å²) in [5.74, 6) is 0. The summed E-state index contributed by atoms with van der Waals surface area (Å²) in [6.07, 6.45) is 2.29. The molecule has 19 heavy (non-hydrogen) atoms. The summed E-state index contributed by atoms with van der Waals surface area (Å²) in [4.78, 5) is 1.39. The van der Waals surface area contributed by atoms with Crippen molar-refractivity contribution in [1.29, 1.82) is 0 Å². The van der Waals surface area contributed by atoms with E-state index in [-0.39, 0.29) is 0 Å². The van der Waals surface area contributed by atoms with Crippen molar-refractivity contribution < 1.29 is 0 Å². The lowest BCUT2D eigenvalue weighted by Gasteiger charge is -2.02. The molecule has 0 aliphatic heterocycles. The molecule has 0 bridgehead atoms. The van der Waals surface area contributed by atoms with E-state index >= 15 is 0 Å². The summed E-state index contributed by atoms with van der Waals surface area (Å²) < 4.78 is 0. The number of hydrogen-bond donors (Lipinski definition) is 0. The zero-order valence-electron chi connectivity index (χ0n) is 10.3. The quantitative estimate of drug-likeness (QED) is 0.434. The molecule has 2 aromatic carbocycles. The highest BCUT2D eigenvalue weighted by Crippen LogP contribution is 2.47. The van der Waals surface area contributed by atoms with Crippen LogP contribution in [0.3, 0.4) is 0 Å². The Hall–Kier alpha value is -2.12. The van der Waals surface area contributed by atoms with Gasteiger partial charge in [0.1, 0.15) is 0 Å². The Balaban J connectivity index is 1.97. The fourth-order valence-corrected chi connectivity index (χ4v) is 3.61. The van der Waals surface area contributed by atoms with Gasteiger partial charge in [0.15, 0.2) is 0 Å². The molecule has 0 unspecified atom stereocenters. The van der Waals surface area contributed by atoms with Crippen molar-refractivity contribution in [2.45, 2.75) is 0 Å². The number of thiophene rings is 1. The van der Waals surface area contributed by atoms with Crippen LogP contribution in [0.1, 0.15) is 16.0 Å². The lowest BCUT2D eigenvalue weighted by Crippen LogP contribution is -1.80. The van der Waals surface area contributed by atoms with Gasteiger partial charge in [-0.25, -0.2) is 0 Å². The van der Waals surface area contributed by atoms with Crippen molar-refractivity contribution in [3.05, 3.63) is 82.0 Å². The number of hydrogen-bond acceptors (Lipinski definition) is 1. The van der Waals surface area contributed by atoms with E-state index < -0.39 is 0 Å². The van der Waals surface area contributed by atoms with Crippen LogP contribution in [0.25, 0.3) is 22.8 Å². The van der Waals surface area contributed by atoms with Crippen molar-refractivity contribution >= 4 is 23.0 Å². The molecular formula is C18H12S. The Labute approximate surface area is 116 Å². The van der Waals surface area contributed by atoms with E-state index in [4.69, 9.17) is 0 Å². The van der Waals surface area contributed by atoms with Gasteiger partial charge >= 0.3 is 0 Å². The average molecular weight is 260 g/mol. The highest BCUT2D eigenvalue weighted by molar-refractivity contribution is 7.12. The fraction of sp³-hybridized carbons (Fsp3) is 0. The Kier molecular flexibility index (Phi) is 2.39. The van der Waals surface area contributed by atoms with Crippen molar-refractivity contribution in [2.75, 3.05) is 0 Å². The summed E-state index contributed by atoms with van der Waals surface area (Å²) in [6.45, 7) is 0. The van der Waals surface area contributed by atoms with Crippen molar-refractivity contribution in [1.82, 2.24) is 0 Å². The smallest absolute Gasteiger partial charge is 0.0427 e. The highest BCUT2D eigenvalue weighted by Gasteiger charge is 2.23. The molecular weight excluding hydrogens is 248 g/mol. The average Bonchev–Trinajstić information content (AvgIpc) is 3.04. The van der Waals surface area contributed by atoms with E-state index in [1.165, 1.54) is 32.7 Å². The molecule has 1 aliphatic rings. The lowest BCUT2D eigenvalue weighted by molar-refractivity contribution is 1.64. The molecule has 1 heterocycles. The largest absolute Gasteiger partial charge is 0.143 e. The van der Waals surface area contributed by atoms with Crippen molar-refractivity contribution in [2.24, 2.45) is 0 Å². The molecule has 0 N–H and O–H groups in total. The molecule has 0 saturated heterocycles. The Bertz CT molecular complexity index is 763. The Morgan fingerprint density at radius 2 is 1.42 bits per heavy atom. The van der Waals surface area contributed by atoms with Crippen LogP contribution >= 0.6 is 11.3 Å². The first-order valence-electron chi connectivity index (χ1n) is 6.38. The summed E-state index contributed by atoms with van der Waals surface area (Å²) in [5.41, 5.74) is 6.71.